The molecule has 0 aliphatic heterocycles. The van der Waals surface area contributed by atoms with Crippen molar-refractivity contribution in [3.05, 3.63) is 134 Å². The number of benzene rings is 6. The highest BCUT2D eigenvalue weighted by Gasteiger charge is 2.27. The van der Waals surface area contributed by atoms with E-state index in [1.54, 1.807) is 18.6 Å². The van der Waals surface area contributed by atoms with E-state index in [4.69, 9.17) is 4.98 Å². The minimum absolute atomic E-state index is 0.177. The molecular formula is C41H27N3O5. The van der Waals surface area contributed by atoms with E-state index in [9.17, 15) is 25.5 Å². The summed E-state index contributed by atoms with van der Waals surface area (Å²) in [5, 5.41) is 56.6. The molecule has 8 rings (SSSR count). The molecule has 5 N–H and O–H groups in total. The molecule has 0 aliphatic carbocycles. The molecule has 0 saturated heterocycles. The molecule has 0 atom stereocenters. The number of phenolic OH excluding ortho intramolecular Hbond substituents is 5. The van der Waals surface area contributed by atoms with Gasteiger partial charge >= 0.3 is 0 Å². The van der Waals surface area contributed by atoms with Crippen molar-refractivity contribution in [2.24, 2.45) is 0 Å². The quantitative estimate of drug-likeness (QED) is 0.0712. The third kappa shape index (κ3) is 4.99. The van der Waals surface area contributed by atoms with Crippen LogP contribution in [0.25, 0.3) is 77.6 Å². The zero-order valence-corrected chi connectivity index (χ0v) is 25.8. The summed E-state index contributed by atoms with van der Waals surface area (Å²) in [6, 6.07) is 38.4. The first-order chi connectivity index (χ1) is 23.9. The Labute approximate surface area is 280 Å². The Kier molecular flexibility index (Phi) is 7.04. The fourth-order valence-electron chi connectivity index (χ4n) is 6.36. The van der Waals surface area contributed by atoms with E-state index in [0.29, 0.717) is 16.8 Å². The number of aromatic hydroxyl groups is 5. The fourth-order valence-corrected chi connectivity index (χ4v) is 6.36. The predicted molar refractivity (Wildman–Crippen MR) is 190 cm³/mol. The monoisotopic (exact) mass is 641 g/mol. The Morgan fingerprint density at radius 1 is 0.429 bits per heavy atom. The van der Waals surface area contributed by atoms with Gasteiger partial charge in [0.25, 0.3) is 0 Å². The van der Waals surface area contributed by atoms with Crippen molar-refractivity contribution in [3.63, 3.8) is 0 Å². The number of hydrogen-bond acceptors (Lipinski definition) is 8. The van der Waals surface area contributed by atoms with Gasteiger partial charge in [-0.1, -0.05) is 91.0 Å². The van der Waals surface area contributed by atoms with Crippen molar-refractivity contribution >= 4 is 21.5 Å². The van der Waals surface area contributed by atoms with E-state index in [1.165, 1.54) is 0 Å². The van der Waals surface area contributed by atoms with E-state index in [-0.39, 0.29) is 5.82 Å². The number of pyridine rings is 1. The third-order valence-corrected chi connectivity index (χ3v) is 8.77. The van der Waals surface area contributed by atoms with Crippen LogP contribution in [0.5, 0.6) is 28.7 Å². The Morgan fingerprint density at radius 3 is 1.76 bits per heavy atom. The van der Waals surface area contributed by atoms with Crippen molar-refractivity contribution in [2.75, 3.05) is 0 Å². The molecule has 0 aliphatic rings. The van der Waals surface area contributed by atoms with Gasteiger partial charge in [-0.25, -0.2) is 9.97 Å². The van der Waals surface area contributed by atoms with Gasteiger partial charge < -0.3 is 25.5 Å². The fraction of sp³-hybridized carbons (Fsp3) is 0. The van der Waals surface area contributed by atoms with Gasteiger partial charge in [0, 0.05) is 35.3 Å². The van der Waals surface area contributed by atoms with Crippen molar-refractivity contribution in [3.8, 4) is 84.8 Å². The summed E-state index contributed by atoms with van der Waals surface area (Å²) in [5.41, 5.74) is 6.04. The Hall–Kier alpha value is -6.93. The number of aromatic nitrogens is 3. The molecule has 8 aromatic rings. The minimum atomic E-state index is -1.06. The van der Waals surface area contributed by atoms with Crippen LogP contribution in [0.4, 0.5) is 0 Å². The second-order valence-corrected chi connectivity index (χ2v) is 11.7. The van der Waals surface area contributed by atoms with Crippen LogP contribution >= 0.6 is 0 Å². The molecule has 0 amide bonds. The molecule has 8 nitrogen and oxygen atoms in total. The van der Waals surface area contributed by atoms with Crippen molar-refractivity contribution in [1.82, 2.24) is 15.0 Å². The highest BCUT2D eigenvalue weighted by Crippen LogP contribution is 2.54. The first-order valence-corrected chi connectivity index (χ1v) is 15.5. The molecule has 236 valence electrons. The van der Waals surface area contributed by atoms with Gasteiger partial charge in [-0.15, -0.1) is 0 Å². The highest BCUT2D eigenvalue weighted by molar-refractivity contribution is 6.13. The maximum atomic E-state index is 10.8. The minimum Gasteiger partial charge on any atom is -0.504 e. The molecule has 0 spiro atoms. The van der Waals surface area contributed by atoms with Crippen LogP contribution < -0.4 is 0 Å². The van der Waals surface area contributed by atoms with Crippen LogP contribution in [-0.2, 0) is 0 Å². The van der Waals surface area contributed by atoms with Gasteiger partial charge in [-0.3, -0.25) is 4.98 Å². The van der Waals surface area contributed by atoms with Crippen molar-refractivity contribution < 1.29 is 25.5 Å². The predicted octanol–water partition coefficient (Wildman–Crippen LogP) is 9.04. The van der Waals surface area contributed by atoms with Gasteiger partial charge in [0.05, 0.1) is 5.69 Å². The summed E-state index contributed by atoms with van der Waals surface area (Å²) in [4.78, 5) is 13.5. The zero-order chi connectivity index (χ0) is 33.6. The van der Waals surface area contributed by atoms with E-state index >= 15 is 0 Å². The number of rotatable bonds is 5. The van der Waals surface area contributed by atoms with Gasteiger partial charge in [-0.2, -0.15) is 0 Å². The second-order valence-electron chi connectivity index (χ2n) is 11.7. The van der Waals surface area contributed by atoms with Gasteiger partial charge in [-0.05, 0) is 68.1 Å². The number of phenols is 5. The summed E-state index contributed by atoms with van der Waals surface area (Å²) in [7, 11) is 0. The van der Waals surface area contributed by atoms with Crippen LogP contribution in [0.1, 0.15) is 0 Å². The molecule has 8 heteroatoms. The van der Waals surface area contributed by atoms with Crippen LogP contribution in [0.3, 0.4) is 0 Å². The molecule has 0 unspecified atom stereocenters. The number of nitrogens with zero attached hydrogens (tertiary/aromatic N) is 3. The molecule has 0 saturated carbocycles. The summed E-state index contributed by atoms with van der Waals surface area (Å²) >= 11 is 0. The lowest BCUT2D eigenvalue weighted by Crippen LogP contribution is -1.98. The maximum Gasteiger partial charge on any atom is 0.208 e. The second kappa shape index (κ2) is 11.7. The summed E-state index contributed by atoms with van der Waals surface area (Å²) in [5.74, 6) is -4.99. The summed E-state index contributed by atoms with van der Waals surface area (Å²) in [6.45, 7) is 0. The lowest BCUT2D eigenvalue weighted by molar-refractivity contribution is 0.329. The SMILES string of the molecule is Oc1c(O)c(O)c(-c2ncc(-c3cccc(-c4cccnc4)c3)c(-c3cccc(-c4cc5ccccc5c5ccccc45)c3)n2)c(O)c1O. The van der Waals surface area contributed by atoms with Crippen molar-refractivity contribution in [2.45, 2.75) is 0 Å². The Balaban J connectivity index is 1.37. The standard InChI is InChI=1S/C41H27N3O5/c45-36-34(37(46)39(48)40(49)38(36)47)41-43-22-33(25-11-5-9-23(18-25)28-13-7-17-42-21-28)35(44-41)27-12-6-10-24(19-27)32-20-26-8-1-2-14-29(26)30-15-3-4-16-31(30)32/h1-22,45-49H. The topological polar surface area (TPSA) is 140 Å². The lowest BCUT2D eigenvalue weighted by atomic mass is 9.91. The molecule has 6 aromatic carbocycles. The average molecular weight is 642 g/mol. The molecular weight excluding hydrogens is 614 g/mol. The Bertz CT molecular complexity index is 2540. The molecule has 49 heavy (non-hydrogen) atoms. The van der Waals surface area contributed by atoms with Crippen LogP contribution in [0, 0.1) is 0 Å². The lowest BCUT2D eigenvalue weighted by Gasteiger charge is -2.16. The Morgan fingerprint density at radius 2 is 1.02 bits per heavy atom. The zero-order valence-electron chi connectivity index (χ0n) is 25.8. The smallest absolute Gasteiger partial charge is 0.208 e. The van der Waals surface area contributed by atoms with E-state index in [1.807, 2.05) is 84.9 Å². The first kappa shape index (κ1) is 29.5. The van der Waals surface area contributed by atoms with E-state index in [0.717, 1.165) is 49.4 Å². The van der Waals surface area contributed by atoms with E-state index in [2.05, 4.69) is 40.3 Å². The molecule has 2 heterocycles. The molecule has 2 aromatic heterocycles. The van der Waals surface area contributed by atoms with Crippen molar-refractivity contribution in [1.29, 1.82) is 0 Å². The van der Waals surface area contributed by atoms with Crippen LogP contribution in [0.2, 0.25) is 0 Å². The number of fused-ring (bicyclic) bond motifs is 3. The molecule has 0 fully saturated rings. The first-order valence-electron chi connectivity index (χ1n) is 15.5. The van der Waals surface area contributed by atoms with Crippen LogP contribution in [0.15, 0.2) is 134 Å². The molecule has 0 bridgehead atoms. The van der Waals surface area contributed by atoms with Gasteiger partial charge in [0.1, 0.15) is 5.56 Å². The van der Waals surface area contributed by atoms with Gasteiger partial charge in [0.2, 0.25) is 17.2 Å². The normalized spacial score (nSPS) is 11.3. The average Bonchev–Trinajstić information content (AvgIpc) is 3.16. The maximum absolute atomic E-state index is 10.8. The number of hydrogen-bond donors (Lipinski definition) is 5. The van der Waals surface area contributed by atoms with E-state index < -0.39 is 34.3 Å². The highest BCUT2D eigenvalue weighted by atomic mass is 16.4. The van der Waals surface area contributed by atoms with Crippen LogP contribution in [-0.4, -0.2) is 40.5 Å². The summed E-state index contributed by atoms with van der Waals surface area (Å²) < 4.78 is 0. The molecule has 0 radical (unpaired) electrons. The third-order valence-electron chi connectivity index (χ3n) is 8.77. The largest absolute Gasteiger partial charge is 0.504 e. The summed E-state index contributed by atoms with van der Waals surface area (Å²) in [6.07, 6.45) is 5.07. The van der Waals surface area contributed by atoms with Gasteiger partial charge in [0.15, 0.2) is 17.3 Å².